The van der Waals surface area contributed by atoms with Crippen LogP contribution in [0.2, 0.25) is 5.02 Å². The Balaban J connectivity index is 2.36. The maximum atomic E-state index is 13.8. The Morgan fingerprint density at radius 1 is 1.45 bits per heavy atom. The van der Waals surface area contributed by atoms with E-state index in [4.69, 9.17) is 16.9 Å². The molecule has 1 heterocycles. The lowest BCUT2D eigenvalue weighted by Gasteiger charge is -2.16. The van der Waals surface area contributed by atoms with Gasteiger partial charge in [-0.05, 0) is 12.1 Å². The van der Waals surface area contributed by atoms with Gasteiger partial charge in [0.1, 0.15) is 18.9 Å². The number of hydrogen-bond donors (Lipinski definition) is 1. The van der Waals surface area contributed by atoms with Crippen LogP contribution in [0, 0.1) is 17.1 Å². The molecule has 1 aromatic carbocycles. The third-order valence-electron chi connectivity index (χ3n) is 2.68. The number of halogens is 2. The SMILES string of the molecule is N#CCNC(=O)CN1C(=O)C(=O)c2c(Cl)ccc(F)c21. The number of anilines is 1. The van der Waals surface area contributed by atoms with Crippen molar-refractivity contribution in [3.8, 4) is 6.07 Å². The van der Waals surface area contributed by atoms with Crippen LogP contribution in [0.1, 0.15) is 10.4 Å². The number of amides is 2. The highest BCUT2D eigenvalue weighted by atomic mass is 35.5. The van der Waals surface area contributed by atoms with Crippen molar-refractivity contribution in [1.82, 2.24) is 5.32 Å². The van der Waals surface area contributed by atoms with Crippen molar-refractivity contribution in [2.24, 2.45) is 0 Å². The van der Waals surface area contributed by atoms with Crippen molar-refractivity contribution in [1.29, 1.82) is 5.26 Å². The van der Waals surface area contributed by atoms with Gasteiger partial charge in [-0.25, -0.2) is 4.39 Å². The Labute approximate surface area is 117 Å². The van der Waals surface area contributed by atoms with Gasteiger partial charge in [0.05, 0.1) is 22.3 Å². The third-order valence-corrected chi connectivity index (χ3v) is 3.00. The fraction of sp³-hybridized carbons (Fsp3) is 0.167. The standard InChI is InChI=1S/C12H7ClFN3O3/c13-6-1-2-7(14)10-9(6)11(19)12(20)17(10)5-8(18)16-4-3-15/h1-2H,4-5H2,(H,16,18). The van der Waals surface area contributed by atoms with Crippen LogP contribution in [0.4, 0.5) is 10.1 Å². The molecule has 0 atom stereocenters. The van der Waals surface area contributed by atoms with Crippen LogP contribution < -0.4 is 10.2 Å². The van der Waals surface area contributed by atoms with Crippen LogP contribution >= 0.6 is 11.6 Å². The van der Waals surface area contributed by atoms with E-state index in [1.807, 2.05) is 0 Å². The first-order chi connectivity index (χ1) is 9.47. The first-order valence-corrected chi connectivity index (χ1v) is 5.83. The fourth-order valence-corrected chi connectivity index (χ4v) is 2.08. The summed E-state index contributed by atoms with van der Waals surface area (Å²) < 4.78 is 13.8. The summed E-state index contributed by atoms with van der Waals surface area (Å²) in [6, 6.07) is 3.86. The molecule has 0 fully saturated rings. The Bertz CT molecular complexity index is 669. The monoisotopic (exact) mass is 295 g/mol. The molecule has 102 valence electrons. The molecule has 2 rings (SSSR count). The third kappa shape index (κ3) is 2.21. The number of carbonyl (C=O) groups is 3. The lowest BCUT2D eigenvalue weighted by Crippen LogP contribution is -2.40. The van der Waals surface area contributed by atoms with E-state index in [0.29, 0.717) is 4.90 Å². The normalized spacial score (nSPS) is 13.2. The van der Waals surface area contributed by atoms with Crippen molar-refractivity contribution >= 4 is 34.9 Å². The summed E-state index contributed by atoms with van der Waals surface area (Å²) in [6.07, 6.45) is 0. The molecular weight excluding hydrogens is 289 g/mol. The highest BCUT2D eigenvalue weighted by molar-refractivity contribution is 6.55. The largest absolute Gasteiger partial charge is 0.341 e. The quantitative estimate of drug-likeness (QED) is 0.655. The number of rotatable bonds is 3. The number of nitrogens with one attached hydrogen (secondary N) is 1. The summed E-state index contributed by atoms with van der Waals surface area (Å²) >= 11 is 5.78. The van der Waals surface area contributed by atoms with Crippen molar-refractivity contribution < 1.29 is 18.8 Å². The number of hydrogen-bond acceptors (Lipinski definition) is 4. The second-order valence-corrected chi connectivity index (χ2v) is 4.32. The molecule has 0 saturated carbocycles. The molecular formula is C12H7ClFN3O3. The van der Waals surface area contributed by atoms with Crippen LogP contribution in [0.3, 0.4) is 0 Å². The molecule has 1 N–H and O–H groups in total. The second-order valence-electron chi connectivity index (χ2n) is 3.91. The zero-order valence-corrected chi connectivity index (χ0v) is 10.7. The topological polar surface area (TPSA) is 90.3 Å². The lowest BCUT2D eigenvalue weighted by atomic mass is 10.1. The Morgan fingerprint density at radius 2 is 2.15 bits per heavy atom. The minimum Gasteiger partial charge on any atom is -0.341 e. The van der Waals surface area contributed by atoms with E-state index in [1.165, 1.54) is 6.07 Å². The lowest BCUT2D eigenvalue weighted by molar-refractivity contribution is -0.121. The summed E-state index contributed by atoms with van der Waals surface area (Å²) in [5.74, 6) is -3.49. The summed E-state index contributed by atoms with van der Waals surface area (Å²) in [5, 5.41) is 10.5. The molecule has 1 aromatic rings. The van der Waals surface area contributed by atoms with Crippen LogP contribution in [0.15, 0.2) is 12.1 Å². The predicted octanol–water partition coefficient (Wildman–Crippen LogP) is 0.648. The van der Waals surface area contributed by atoms with E-state index in [1.54, 1.807) is 6.07 Å². The molecule has 0 radical (unpaired) electrons. The van der Waals surface area contributed by atoms with E-state index < -0.39 is 30.0 Å². The van der Waals surface area contributed by atoms with Gasteiger partial charge in [-0.3, -0.25) is 19.3 Å². The van der Waals surface area contributed by atoms with E-state index in [0.717, 1.165) is 6.07 Å². The number of carbonyl (C=O) groups excluding carboxylic acids is 3. The average molecular weight is 296 g/mol. The maximum absolute atomic E-state index is 13.8. The van der Waals surface area contributed by atoms with Crippen LogP contribution in [-0.2, 0) is 9.59 Å². The molecule has 0 aromatic heterocycles. The Kier molecular flexibility index (Phi) is 3.68. The zero-order valence-electron chi connectivity index (χ0n) is 9.94. The van der Waals surface area contributed by atoms with Gasteiger partial charge in [-0.2, -0.15) is 5.26 Å². The number of ketones is 1. The Hall–Kier alpha value is -2.46. The van der Waals surface area contributed by atoms with Gasteiger partial charge in [-0.1, -0.05) is 11.6 Å². The van der Waals surface area contributed by atoms with Gasteiger partial charge in [0.15, 0.2) is 0 Å². The molecule has 1 aliphatic heterocycles. The fourth-order valence-electron chi connectivity index (χ4n) is 1.84. The number of nitriles is 1. The first-order valence-electron chi connectivity index (χ1n) is 5.45. The maximum Gasteiger partial charge on any atom is 0.300 e. The molecule has 0 spiro atoms. The van der Waals surface area contributed by atoms with Crippen LogP contribution in [-0.4, -0.2) is 30.7 Å². The minimum absolute atomic E-state index is 0.0558. The van der Waals surface area contributed by atoms with Crippen molar-refractivity contribution in [3.05, 3.63) is 28.5 Å². The zero-order chi connectivity index (χ0) is 14.9. The van der Waals surface area contributed by atoms with Gasteiger partial charge < -0.3 is 5.32 Å². The summed E-state index contributed by atoms with van der Waals surface area (Å²) in [5.41, 5.74) is -0.552. The smallest absolute Gasteiger partial charge is 0.300 e. The Morgan fingerprint density at radius 3 is 2.80 bits per heavy atom. The predicted molar refractivity (Wildman–Crippen MR) is 66.7 cm³/mol. The number of nitrogens with zero attached hydrogens (tertiary/aromatic N) is 2. The van der Waals surface area contributed by atoms with Crippen molar-refractivity contribution in [3.63, 3.8) is 0 Å². The van der Waals surface area contributed by atoms with Gasteiger partial charge >= 0.3 is 0 Å². The highest BCUT2D eigenvalue weighted by Crippen LogP contribution is 2.36. The van der Waals surface area contributed by atoms with E-state index >= 15 is 0 Å². The molecule has 8 heteroatoms. The molecule has 0 unspecified atom stereocenters. The van der Waals surface area contributed by atoms with E-state index in [2.05, 4.69) is 5.32 Å². The van der Waals surface area contributed by atoms with Gasteiger partial charge in [0.2, 0.25) is 5.91 Å². The molecule has 0 aliphatic carbocycles. The van der Waals surface area contributed by atoms with Crippen molar-refractivity contribution in [2.75, 3.05) is 18.0 Å². The summed E-state index contributed by atoms with van der Waals surface area (Å²) in [6.45, 7) is -0.809. The number of fused-ring (bicyclic) bond motifs is 1. The van der Waals surface area contributed by atoms with Gasteiger partial charge in [-0.15, -0.1) is 0 Å². The number of benzene rings is 1. The molecule has 0 bridgehead atoms. The molecule has 0 saturated heterocycles. The second kappa shape index (κ2) is 5.27. The molecule has 20 heavy (non-hydrogen) atoms. The molecule has 1 aliphatic rings. The first kappa shape index (κ1) is 14.0. The van der Waals surface area contributed by atoms with Crippen LogP contribution in [0.5, 0.6) is 0 Å². The summed E-state index contributed by atoms with van der Waals surface area (Å²) in [7, 11) is 0. The highest BCUT2D eigenvalue weighted by Gasteiger charge is 2.40. The minimum atomic E-state index is -1.03. The molecule has 2 amide bonds. The van der Waals surface area contributed by atoms with Crippen LogP contribution in [0.25, 0.3) is 0 Å². The summed E-state index contributed by atoms with van der Waals surface area (Å²) in [4.78, 5) is 35.7. The van der Waals surface area contributed by atoms with Gasteiger partial charge in [0.25, 0.3) is 11.7 Å². The van der Waals surface area contributed by atoms with Gasteiger partial charge in [0, 0.05) is 0 Å². The molecule has 6 nitrogen and oxygen atoms in total. The van der Waals surface area contributed by atoms with Crippen molar-refractivity contribution in [2.45, 2.75) is 0 Å². The number of Topliss-reactive ketones (excluding diaryl/α,β-unsaturated/α-hetero) is 1. The van der Waals surface area contributed by atoms with E-state index in [-0.39, 0.29) is 22.8 Å². The van der Waals surface area contributed by atoms with E-state index in [9.17, 15) is 18.8 Å². The average Bonchev–Trinajstić information content (AvgIpc) is 2.67.